The lowest BCUT2D eigenvalue weighted by Crippen LogP contribution is -2.24. The lowest BCUT2D eigenvalue weighted by molar-refractivity contribution is 0.146. The van der Waals surface area contributed by atoms with Crippen LogP contribution in [-0.4, -0.2) is 30.2 Å². The second-order valence-electron chi connectivity index (χ2n) is 8.36. The summed E-state index contributed by atoms with van der Waals surface area (Å²) in [6.45, 7) is 3.29. The van der Waals surface area contributed by atoms with Crippen LogP contribution in [0, 0.1) is 17.5 Å². The molecule has 0 saturated heterocycles. The lowest BCUT2D eigenvalue weighted by atomic mass is 10.0. The summed E-state index contributed by atoms with van der Waals surface area (Å²) in [7, 11) is -1.09. The SMILES string of the molecule is Cc1nc(N[C@H](C)c2cccc(C(F)F)c2F)c2cc(C3=CCS(=N)(=O)CC3)c(=O)n(C)c2n1. The van der Waals surface area contributed by atoms with Crippen molar-refractivity contribution >= 4 is 32.2 Å². The third-order valence-electron chi connectivity index (χ3n) is 5.94. The molecule has 0 radical (unpaired) electrons. The molecule has 180 valence electrons. The van der Waals surface area contributed by atoms with E-state index < -0.39 is 33.6 Å². The Balaban J connectivity index is 1.82. The summed E-state index contributed by atoms with van der Waals surface area (Å²) >= 11 is 0. The molecule has 1 aliphatic heterocycles. The van der Waals surface area contributed by atoms with Crippen LogP contribution in [0.25, 0.3) is 16.6 Å². The summed E-state index contributed by atoms with van der Waals surface area (Å²) in [5, 5.41) is 3.59. The molecular weight excluding hydrogens is 467 g/mol. The normalized spacial score (nSPS) is 19.3. The quantitative estimate of drug-likeness (QED) is 0.538. The third kappa shape index (κ3) is 4.44. The number of hydrogen-bond acceptors (Lipinski definition) is 6. The molecule has 0 fully saturated rings. The van der Waals surface area contributed by atoms with Crippen molar-refractivity contribution in [3.63, 3.8) is 0 Å². The maximum Gasteiger partial charge on any atom is 0.266 e. The minimum atomic E-state index is -2.94. The van der Waals surface area contributed by atoms with Crippen LogP contribution in [0.2, 0.25) is 0 Å². The summed E-state index contributed by atoms with van der Waals surface area (Å²) in [6, 6.07) is 4.79. The summed E-state index contributed by atoms with van der Waals surface area (Å²) in [4.78, 5) is 21.9. The number of halogens is 3. The molecule has 2 atom stereocenters. The Labute approximate surface area is 194 Å². The number of allylic oxidation sites excluding steroid dienone is 1. The molecule has 0 aliphatic carbocycles. The number of hydrogen-bond donors (Lipinski definition) is 2. The first-order valence-electron chi connectivity index (χ1n) is 10.6. The fourth-order valence-corrected chi connectivity index (χ4v) is 5.26. The van der Waals surface area contributed by atoms with E-state index in [1.54, 1.807) is 33.0 Å². The van der Waals surface area contributed by atoms with E-state index in [1.807, 2.05) is 0 Å². The van der Waals surface area contributed by atoms with Crippen molar-refractivity contribution in [3.8, 4) is 0 Å². The van der Waals surface area contributed by atoms with Gasteiger partial charge in [0.15, 0.2) is 0 Å². The number of alkyl halides is 2. The van der Waals surface area contributed by atoms with Gasteiger partial charge in [-0.1, -0.05) is 24.3 Å². The summed E-state index contributed by atoms with van der Waals surface area (Å²) in [6.07, 6.45) is -0.939. The topological polar surface area (TPSA) is 101 Å². The van der Waals surface area contributed by atoms with Gasteiger partial charge in [0.05, 0.1) is 22.7 Å². The van der Waals surface area contributed by atoms with E-state index in [4.69, 9.17) is 4.78 Å². The maximum absolute atomic E-state index is 14.7. The minimum Gasteiger partial charge on any atom is -0.363 e. The van der Waals surface area contributed by atoms with Gasteiger partial charge in [-0.15, -0.1) is 0 Å². The highest BCUT2D eigenvalue weighted by Crippen LogP contribution is 2.31. The first-order chi connectivity index (χ1) is 16.0. The molecular formula is C23H24F3N5O2S. The molecule has 7 nitrogen and oxygen atoms in total. The number of fused-ring (bicyclic) bond motifs is 1. The number of benzene rings is 1. The van der Waals surface area contributed by atoms with Crippen LogP contribution < -0.4 is 10.9 Å². The number of pyridine rings is 1. The smallest absolute Gasteiger partial charge is 0.266 e. The van der Waals surface area contributed by atoms with E-state index in [1.165, 1.54) is 16.7 Å². The van der Waals surface area contributed by atoms with Gasteiger partial charge in [-0.3, -0.25) is 14.1 Å². The summed E-state index contributed by atoms with van der Waals surface area (Å²) in [5.41, 5.74) is 0.550. The van der Waals surface area contributed by atoms with Crippen LogP contribution in [0.4, 0.5) is 19.0 Å². The van der Waals surface area contributed by atoms with Crippen molar-refractivity contribution in [2.24, 2.45) is 7.05 Å². The number of aromatic nitrogens is 3. The van der Waals surface area contributed by atoms with Crippen LogP contribution >= 0.6 is 0 Å². The summed E-state index contributed by atoms with van der Waals surface area (Å²) in [5.74, 6) is -0.0266. The second-order valence-corrected chi connectivity index (χ2v) is 10.7. The zero-order valence-electron chi connectivity index (χ0n) is 18.9. The average molecular weight is 492 g/mol. The van der Waals surface area contributed by atoms with Gasteiger partial charge in [0.2, 0.25) is 0 Å². The van der Waals surface area contributed by atoms with Gasteiger partial charge >= 0.3 is 0 Å². The average Bonchev–Trinajstić information content (AvgIpc) is 2.76. The fraction of sp³-hybridized carbons (Fsp3) is 0.348. The van der Waals surface area contributed by atoms with Crippen LogP contribution in [0.15, 0.2) is 35.1 Å². The van der Waals surface area contributed by atoms with Crippen LogP contribution in [0.1, 0.15) is 48.3 Å². The Morgan fingerprint density at radius 3 is 2.59 bits per heavy atom. The first kappa shape index (κ1) is 23.9. The molecule has 0 bridgehead atoms. The zero-order valence-corrected chi connectivity index (χ0v) is 19.7. The molecule has 3 aromatic rings. The largest absolute Gasteiger partial charge is 0.363 e. The number of rotatable bonds is 5. The van der Waals surface area contributed by atoms with Crippen molar-refractivity contribution in [2.75, 3.05) is 16.8 Å². The molecule has 1 aliphatic rings. The van der Waals surface area contributed by atoms with Crippen LogP contribution in [0.5, 0.6) is 0 Å². The molecule has 0 spiro atoms. The van der Waals surface area contributed by atoms with Gasteiger partial charge in [0.1, 0.15) is 23.1 Å². The number of nitrogens with one attached hydrogen (secondary N) is 2. The molecule has 0 amide bonds. The van der Waals surface area contributed by atoms with Gasteiger partial charge < -0.3 is 5.32 Å². The van der Waals surface area contributed by atoms with E-state index >= 15 is 0 Å². The molecule has 1 unspecified atom stereocenters. The maximum atomic E-state index is 14.7. The van der Waals surface area contributed by atoms with Crippen molar-refractivity contribution in [1.29, 1.82) is 4.78 Å². The molecule has 1 aromatic carbocycles. The number of aryl methyl sites for hydroxylation is 2. The van der Waals surface area contributed by atoms with Crippen LogP contribution in [0.3, 0.4) is 0 Å². The van der Waals surface area contributed by atoms with Gasteiger partial charge in [-0.25, -0.2) is 27.3 Å². The molecule has 11 heteroatoms. The number of nitrogens with zero attached hydrogens (tertiary/aromatic N) is 3. The second kappa shape index (κ2) is 8.86. The van der Waals surface area contributed by atoms with E-state index in [-0.39, 0.29) is 22.6 Å². The highest BCUT2D eigenvalue weighted by molar-refractivity contribution is 7.92. The predicted molar refractivity (Wildman–Crippen MR) is 126 cm³/mol. The van der Waals surface area contributed by atoms with Crippen LogP contribution in [-0.2, 0) is 16.8 Å². The Hall–Kier alpha value is -3.21. The highest BCUT2D eigenvalue weighted by Gasteiger charge is 2.23. The van der Waals surface area contributed by atoms with E-state index in [9.17, 15) is 22.2 Å². The lowest BCUT2D eigenvalue weighted by Gasteiger charge is -2.20. The monoisotopic (exact) mass is 491 g/mol. The molecule has 3 heterocycles. The van der Waals surface area contributed by atoms with Gasteiger partial charge in [0, 0.05) is 33.7 Å². The highest BCUT2D eigenvalue weighted by atomic mass is 32.2. The Bertz CT molecular complexity index is 1480. The Kier molecular flexibility index (Phi) is 6.24. The molecule has 2 aromatic heterocycles. The molecule has 4 rings (SSSR count). The van der Waals surface area contributed by atoms with Crippen molar-refractivity contribution < 1.29 is 17.4 Å². The van der Waals surface area contributed by atoms with Crippen molar-refractivity contribution in [2.45, 2.75) is 32.7 Å². The minimum absolute atomic E-state index is 0.0625. The predicted octanol–water partition coefficient (Wildman–Crippen LogP) is 4.72. The summed E-state index contributed by atoms with van der Waals surface area (Å²) < 4.78 is 62.2. The molecule has 2 N–H and O–H groups in total. The van der Waals surface area contributed by atoms with E-state index in [2.05, 4.69) is 15.3 Å². The van der Waals surface area contributed by atoms with Gasteiger partial charge in [0.25, 0.3) is 12.0 Å². The van der Waals surface area contributed by atoms with Crippen molar-refractivity contribution in [1.82, 2.24) is 14.5 Å². The first-order valence-corrected chi connectivity index (χ1v) is 12.5. The molecule has 0 saturated carbocycles. The van der Waals surface area contributed by atoms with Gasteiger partial charge in [-0.2, -0.15) is 0 Å². The standard InChI is InChI=1S/C23H24F3N5O2S/c1-12(15-5-4-6-16(19(15)24)20(25)26)28-21-18-11-17(14-7-9-34(27,33)10-8-14)23(32)31(3)22(18)30-13(2)29-21/h4-7,11-12,20,27H,8-10H2,1-3H3,(H,28,29,30)/t12-,34?/m1/s1. The Morgan fingerprint density at radius 2 is 1.94 bits per heavy atom. The zero-order chi connectivity index (χ0) is 24.8. The fourth-order valence-electron chi connectivity index (χ4n) is 4.07. The third-order valence-corrected chi connectivity index (χ3v) is 7.51. The number of anilines is 1. The molecule has 34 heavy (non-hydrogen) atoms. The van der Waals surface area contributed by atoms with E-state index in [0.717, 1.165) is 6.07 Å². The van der Waals surface area contributed by atoms with E-state index in [0.29, 0.717) is 40.2 Å². The Morgan fingerprint density at radius 1 is 1.24 bits per heavy atom. The van der Waals surface area contributed by atoms with Crippen molar-refractivity contribution in [3.05, 3.63) is 69.0 Å². The van der Waals surface area contributed by atoms with Gasteiger partial charge in [-0.05, 0) is 31.9 Å².